The summed E-state index contributed by atoms with van der Waals surface area (Å²) in [6, 6.07) is 20.9. The Labute approximate surface area is 196 Å². The fraction of sp³-hybridized carbons (Fsp3) is 0.0870. The molecule has 3 aromatic carbocycles. The molecular formula is C23H20ClN5O3S. The first kappa shape index (κ1) is 22.5. The van der Waals surface area contributed by atoms with Crippen molar-refractivity contribution in [2.75, 3.05) is 4.72 Å². The number of carbonyl (C=O) groups excluding carboxylic acids is 1. The van der Waals surface area contributed by atoms with Gasteiger partial charge < -0.3 is 5.32 Å². The van der Waals surface area contributed by atoms with Crippen molar-refractivity contribution in [3.63, 3.8) is 0 Å². The highest BCUT2D eigenvalue weighted by molar-refractivity contribution is 7.92. The number of sulfonamides is 1. The number of nitrogens with one attached hydrogen (secondary N) is 3. The molecule has 1 atom stereocenters. The van der Waals surface area contributed by atoms with Crippen molar-refractivity contribution in [1.29, 1.82) is 0 Å². The zero-order chi connectivity index (χ0) is 23.4. The van der Waals surface area contributed by atoms with Crippen LogP contribution in [0.2, 0.25) is 5.02 Å². The predicted molar refractivity (Wildman–Crippen MR) is 126 cm³/mol. The second-order valence-corrected chi connectivity index (χ2v) is 9.30. The van der Waals surface area contributed by atoms with Crippen molar-refractivity contribution in [3.05, 3.63) is 107 Å². The molecule has 3 N–H and O–H groups in total. The molecule has 0 bridgehead atoms. The Morgan fingerprint density at radius 2 is 1.73 bits per heavy atom. The fourth-order valence-corrected chi connectivity index (χ4v) is 4.56. The minimum Gasteiger partial charge on any atom is -0.338 e. The van der Waals surface area contributed by atoms with Crippen molar-refractivity contribution < 1.29 is 13.2 Å². The number of anilines is 1. The van der Waals surface area contributed by atoms with E-state index in [0.29, 0.717) is 11.6 Å². The zero-order valence-electron chi connectivity index (χ0n) is 17.5. The normalized spacial score (nSPS) is 12.2. The molecule has 1 amide bonds. The Kier molecular flexibility index (Phi) is 6.43. The first-order chi connectivity index (χ1) is 15.8. The monoisotopic (exact) mass is 481 g/mol. The fourth-order valence-electron chi connectivity index (χ4n) is 3.20. The molecule has 0 aliphatic carbocycles. The molecule has 8 nitrogen and oxygen atoms in total. The second kappa shape index (κ2) is 9.43. The van der Waals surface area contributed by atoms with Crippen LogP contribution < -0.4 is 10.0 Å². The van der Waals surface area contributed by atoms with Crippen LogP contribution in [0.5, 0.6) is 0 Å². The Balaban J connectivity index is 1.61. The first-order valence-corrected chi connectivity index (χ1v) is 11.8. The van der Waals surface area contributed by atoms with Gasteiger partial charge in [0.15, 0.2) is 5.82 Å². The van der Waals surface area contributed by atoms with Gasteiger partial charge in [-0.05, 0) is 42.8 Å². The van der Waals surface area contributed by atoms with E-state index < -0.39 is 22.0 Å². The van der Waals surface area contributed by atoms with E-state index in [1.807, 2.05) is 30.3 Å². The number of para-hydroxylation sites is 1. The number of benzene rings is 3. The van der Waals surface area contributed by atoms with Gasteiger partial charge in [-0.3, -0.25) is 14.6 Å². The minimum atomic E-state index is -3.97. The topological polar surface area (TPSA) is 117 Å². The van der Waals surface area contributed by atoms with Gasteiger partial charge >= 0.3 is 0 Å². The number of nitrogens with zero attached hydrogens (tertiary/aromatic N) is 2. The van der Waals surface area contributed by atoms with Crippen LogP contribution in [-0.4, -0.2) is 29.5 Å². The summed E-state index contributed by atoms with van der Waals surface area (Å²) in [5, 5.41) is 10.1. The Bertz CT molecular complexity index is 1390. The molecule has 1 heterocycles. The lowest BCUT2D eigenvalue weighted by molar-refractivity contribution is 0.0941. The maximum atomic E-state index is 13.1. The van der Waals surface area contributed by atoms with E-state index in [0.717, 1.165) is 5.56 Å². The van der Waals surface area contributed by atoms with E-state index in [4.69, 9.17) is 11.6 Å². The average Bonchev–Trinajstić information content (AvgIpc) is 3.25. The number of halogens is 1. The first-order valence-electron chi connectivity index (χ1n) is 9.95. The maximum absolute atomic E-state index is 13.1. The van der Waals surface area contributed by atoms with Crippen molar-refractivity contribution in [2.45, 2.75) is 17.9 Å². The van der Waals surface area contributed by atoms with Gasteiger partial charge in [-0.1, -0.05) is 60.1 Å². The summed E-state index contributed by atoms with van der Waals surface area (Å²) in [6.07, 6.45) is 0. The number of hydrogen-bond acceptors (Lipinski definition) is 5. The lowest BCUT2D eigenvalue weighted by Crippen LogP contribution is -2.30. The van der Waals surface area contributed by atoms with Gasteiger partial charge in [0.25, 0.3) is 15.9 Å². The highest BCUT2D eigenvalue weighted by Gasteiger charge is 2.23. The SMILES string of the molecule is Cc1nc(C(NC(=O)c2cccc(S(=O)(=O)Nc3ccccc3Cl)c2)c2ccccc2)n[nH]1. The second-order valence-electron chi connectivity index (χ2n) is 7.21. The standard InChI is InChI=1S/C23H20ClN5O3S/c1-15-25-22(28-27-15)21(16-8-3-2-4-9-16)26-23(30)17-10-7-11-18(14-17)33(31,32)29-20-13-6-5-12-19(20)24/h2-14,21,29H,1H3,(H,26,30)(H,25,27,28). The number of carbonyl (C=O) groups is 1. The number of aromatic amines is 1. The molecule has 4 aromatic rings. The van der Waals surface area contributed by atoms with Crippen LogP contribution in [-0.2, 0) is 10.0 Å². The van der Waals surface area contributed by atoms with Gasteiger partial charge in [-0.2, -0.15) is 5.10 Å². The number of hydrogen-bond donors (Lipinski definition) is 3. The maximum Gasteiger partial charge on any atom is 0.261 e. The van der Waals surface area contributed by atoms with Crippen LogP contribution in [0.25, 0.3) is 0 Å². The smallest absolute Gasteiger partial charge is 0.261 e. The lowest BCUT2D eigenvalue weighted by Gasteiger charge is -2.17. The van der Waals surface area contributed by atoms with Crippen molar-refractivity contribution in [2.24, 2.45) is 0 Å². The van der Waals surface area contributed by atoms with Crippen LogP contribution in [0, 0.1) is 6.92 Å². The summed E-state index contributed by atoms with van der Waals surface area (Å²) >= 11 is 6.07. The summed E-state index contributed by atoms with van der Waals surface area (Å²) < 4.78 is 28.2. The molecule has 0 saturated heterocycles. The Morgan fingerprint density at radius 3 is 2.42 bits per heavy atom. The predicted octanol–water partition coefficient (Wildman–Crippen LogP) is 4.09. The third-order valence-electron chi connectivity index (χ3n) is 4.81. The Hall–Kier alpha value is -3.69. The van der Waals surface area contributed by atoms with E-state index in [2.05, 4.69) is 25.2 Å². The molecule has 0 aliphatic heterocycles. The van der Waals surface area contributed by atoms with E-state index in [1.54, 1.807) is 31.2 Å². The molecular weight excluding hydrogens is 462 g/mol. The minimum absolute atomic E-state index is 0.0694. The molecule has 0 spiro atoms. The van der Waals surface area contributed by atoms with Crippen LogP contribution >= 0.6 is 11.6 Å². The molecule has 0 saturated carbocycles. The number of aromatic nitrogens is 3. The quantitative estimate of drug-likeness (QED) is 0.367. The molecule has 1 unspecified atom stereocenters. The van der Waals surface area contributed by atoms with E-state index >= 15 is 0 Å². The molecule has 4 rings (SSSR count). The molecule has 10 heteroatoms. The Morgan fingerprint density at radius 1 is 1.00 bits per heavy atom. The largest absolute Gasteiger partial charge is 0.338 e. The molecule has 1 aromatic heterocycles. The molecule has 0 fully saturated rings. The number of aryl methyl sites for hydroxylation is 1. The lowest BCUT2D eigenvalue weighted by atomic mass is 10.1. The van der Waals surface area contributed by atoms with Crippen molar-refractivity contribution in [3.8, 4) is 0 Å². The van der Waals surface area contributed by atoms with Crippen LogP contribution in [0.3, 0.4) is 0 Å². The van der Waals surface area contributed by atoms with Gasteiger partial charge in [0.05, 0.1) is 15.6 Å². The molecule has 33 heavy (non-hydrogen) atoms. The summed E-state index contributed by atoms with van der Waals surface area (Å²) in [7, 11) is -3.97. The van der Waals surface area contributed by atoms with Gasteiger partial charge in [-0.15, -0.1) is 0 Å². The van der Waals surface area contributed by atoms with E-state index in [-0.39, 0.29) is 21.2 Å². The van der Waals surface area contributed by atoms with E-state index in [1.165, 1.54) is 24.3 Å². The van der Waals surface area contributed by atoms with Crippen molar-refractivity contribution in [1.82, 2.24) is 20.5 Å². The molecule has 168 valence electrons. The van der Waals surface area contributed by atoms with Gasteiger partial charge in [0, 0.05) is 5.56 Å². The highest BCUT2D eigenvalue weighted by atomic mass is 35.5. The summed E-state index contributed by atoms with van der Waals surface area (Å²) in [6.45, 7) is 1.76. The third kappa shape index (κ3) is 5.21. The summed E-state index contributed by atoms with van der Waals surface area (Å²) in [5.74, 6) is 0.538. The van der Waals surface area contributed by atoms with E-state index in [9.17, 15) is 13.2 Å². The van der Waals surface area contributed by atoms with Gasteiger partial charge in [0.2, 0.25) is 0 Å². The highest BCUT2D eigenvalue weighted by Crippen LogP contribution is 2.25. The van der Waals surface area contributed by atoms with Crippen LogP contribution in [0.4, 0.5) is 5.69 Å². The third-order valence-corrected chi connectivity index (χ3v) is 6.50. The van der Waals surface area contributed by atoms with Crippen LogP contribution in [0.1, 0.15) is 33.6 Å². The molecule has 0 aliphatic rings. The van der Waals surface area contributed by atoms with Gasteiger partial charge in [0.1, 0.15) is 11.9 Å². The average molecular weight is 482 g/mol. The van der Waals surface area contributed by atoms with Gasteiger partial charge in [-0.25, -0.2) is 13.4 Å². The number of H-pyrrole nitrogens is 1. The summed E-state index contributed by atoms with van der Waals surface area (Å²) in [5.41, 5.74) is 1.21. The van der Waals surface area contributed by atoms with Crippen molar-refractivity contribution >= 4 is 33.2 Å². The zero-order valence-corrected chi connectivity index (χ0v) is 19.1. The number of amides is 1. The summed E-state index contributed by atoms with van der Waals surface area (Å²) in [4.78, 5) is 17.4. The van der Waals surface area contributed by atoms with Crippen LogP contribution in [0.15, 0.2) is 83.8 Å². The number of rotatable bonds is 7. The molecule has 0 radical (unpaired) electrons.